The molecule has 0 atom stereocenters. The highest BCUT2D eigenvalue weighted by molar-refractivity contribution is 5.94. The Hall–Kier alpha value is -1.33. The van der Waals surface area contributed by atoms with Crippen LogP contribution in [0.4, 0.5) is 0 Å². The molecule has 0 spiro atoms. The summed E-state index contributed by atoms with van der Waals surface area (Å²) in [4.78, 5) is 15.6. The monoisotopic (exact) mass is 257 g/mol. The number of rotatable bonds is 2. The molecule has 1 fully saturated rings. The summed E-state index contributed by atoms with van der Waals surface area (Å²) >= 11 is 0. The molecular weight excluding hydrogens is 242 g/mol. The Morgan fingerprint density at radius 2 is 2.18 bits per heavy atom. The van der Waals surface area contributed by atoms with Gasteiger partial charge in [0, 0.05) is 12.2 Å². The number of pyridine rings is 1. The van der Waals surface area contributed by atoms with Crippen molar-refractivity contribution in [2.75, 3.05) is 13.1 Å². The fraction of sp³-hybridized carbons (Fsp3) is 0.455. The molecule has 1 aliphatic heterocycles. The van der Waals surface area contributed by atoms with Gasteiger partial charge >= 0.3 is 0 Å². The second-order valence-corrected chi connectivity index (χ2v) is 3.87. The molecule has 3 N–H and O–H groups in total. The summed E-state index contributed by atoms with van der Waals surface area (Å²) in [5.41, 5.74) is 0.0982. The van der Waals surface area contributed by atoms with Crippen LogP contribution in [0.3, 0.4) is 0 Å². The van der Waals surface area contributed by atoms with Crippen LogP contribution in [-0.2, 0) is 0 Å². The van der Waals surface area contributed by atoms with E-state index >= 15 is 0 Å². The molecule has 1 amide bonds. The Morgan fingerprint density at radius 1 is 1.47 bits per heavy atom. The number of nitrogens with one attached hydrogen (secondary N) is 2. The maximum absolute atomic E-state index is 11.8. The van der Waals surface area contributed by atoms with Gasteiger partial charge in [0.2, 0.25) is 0 Å². The van der Waals surface area contributed by atoms with E-state index in [1.165, 1.54) is 12.3 Å². The number of amides is 1. The zero-order chi connectivity index (χ0) is 11.4. The molecule has 0 unspecified atom stereocenters. The highest BCUT2D eigenvalue weighted by Crippen LogP contribution is 2.13. The van der Waals surface area contributed by atoms with Gasteiger partial charge in [-0.05, 0) is 38.1 Å². The number of aromatic hydroxyl groups is 1. The molecule has 0 bridgehead atoms. The largest absolute Gasteiger partial charge is 0.505 e. The molecule has 1 aromatic heterocycles. The van der Waals surface area contributed by atoms with Gasteiger partial charge in [0.1, 0.15) is 5.75 Å². The zero-order valence-corrected chi connectivity index (χ0v) is 10.2. The molecule has 6 heteroatoms. The second kappa shape index (κ2) is 6.42. The molecule has 0 aromatic carbocycles. The van der Waals surface area contributed by atoms with Crippen LogP contribution in [0.25, 0.3) is 0 Å². The molecule has 2 heterocycles. The standard InChI is InChI=1S/C11H15N3O2.ClH/c15-9-2-1-5-13-10(9)11(16)14-8-3-6-12-7-4-8;/h1-2,5,8,12,15H,3-4,6-7H2,(H,14,16);1H. The van der Waals surface area contributed by atoms with Crippen molar-refractivity contribution in [3.05, 3.63) is 24.0 Å². The Morgan fingerprint density at radius 3 is 2.82 bits per heavy atom. The maximum atomic E-state index is 11.8. The van der Waals surface area contributed by atoms with E-state index in [9.17, 15) is 9.90 Å². The van der Waals surface area contributed by atoms with Gasteiger partial charge in [-0.25, -0.2) is 4.98 Å². The zero-order valence-electron chi connectivity index (χ0n) is 9.35. The number of carbonyl (C=O) groups is 1. The lowest BCUT2D eigenvalue weighted by molar-refractivity contribution is 0.0921. The van der Waals surface area contributed by atoms with Crippen LogP contribution in [0.1, 0.15) is 23.3 Å². The second-order valence-electron chi connectivity index (χ2n) is 3.87. The summed E-state index contributed by atoms with van der Waals surface area (Å²) in [6.45, 7) is 1.83. The number of nitrogens with zero attached hydrogens (tertiary/aromatic N) is 1. The number of halogens is 1. The average molecular weight is 258 g/mol. The van der Waals surface area contributed by atoms with Crippen molar-refractivity contribution in [1.29, 1.82) is 0 Å². The van der Waals surface area contributed by atoms with E-state index in [1.54, 1.807) is 6.07 Å². The first kappa shape index (κ1) is 13.7. The highest BCUT2D eigenvalue weighted by atomic mass is 35.5. The quantitative estimate of drug-likeness (QED) is 0.729. The first-order valence-electron chi connectivity index (χ1n) is 5.43. The lowest BCUT2D eigenvalue weighted by Crippen LogP contribution is -2.42. The molecule has 1 aliphatic rings. The van der Waals surface area contributed by atoms with Gasteiger partial charge in [0.25, 0.3) is 5.91 Å². The third-order valence-electron chi connectivity index (χ3n) is 2.68. The van der Waals surface area contributed by atoms with E-state index in [4.69, 9.17) is 0 Å². The Balaban J connectivity index is 0.00000144. The van der Waals surface area contributed by atoms with E-state index in [1.807, 2.05) is 0 Å². The summed E-state index contributed by atoms with van der Waals surface area (Å²) in [5, 5.41) is 15.6. The Bertz CT molecular complexity index is 381. The van der Waals surface area contributed by atoms with Crippen LogP contribution < -0.4 is 10.6 Å². The first-order chi connectivity index (χ1) is 7.77. The number of piperidine rings is 1. The SMILES string of the molecule is Cl.O=C(NC1CCNCC1)c1ncccc1O. The fourth-order valence-electron chi connectivity index (χ4n) is 1.79. The summed E-state index contributed by atoms with van der Waals surface area (Å²) in [5.74, 6) is -0.376. The van der Waals surface area contributed by atoms with E-state index in [0.717, 1.165) is 25.9 Å². The van der Waals surface area contributed by atoms with Crippen molar-refractivity contribution < 1.29 is 9.90 Å². The van der Waals surface area contributed by atoms with Crippen LogP contribution in [0.2, 0.25) is 0 Å². The summed E-state index contributed by atoms with van der Waals surface area (Å²) in [6, 6.07) is 3.23. The normalized spacial score (nSPS) is 16.0. The van der Waals surface area contributed by atoms with Crippen molar-refractivity contribution in [2.24, 2.45) is 0 Å². The first-order valence-corrected chi connectivity index (χ1v) is 5.43. The summed E-state index contributed by atoms with van der Waals surface area (Å²) < 4.78 is 0. The minimum atomic E-state index is -0.301. The maximum Gasteiger partial charge on any atom is 0.273 e. The number of aromatic nitrogens is 1. The van der Waals surface area contributed by atoms with Gasteiger partial charge in [-0.3, -0.25) is 4.79 Å². The Labute approximate surface area is 106 Å². The molecule has 2 rings (SSSR count). The lowest BCUT2D eigenvalue weighted by Gasteiger charge is -2.23. The molecule has 17 heavy (non-hydrogen) atoms. The summed E-state index contributed by atoms with van der Waals surface area (Å²) in [7, 11) is 0. The van der Waals surface area contributed by atoms with E-state index in [-0.39, 0.29) is 35.8 Å². The third kappa shape index (κ3) is 3.57. The summed E-state index contributed by atoms with van der Waals surface area (Å²) in [6.07, 6.45) is 3.33. The predicted molar refractivity (Wildman–Crippen MR) is 66.5 cm³/mol. The van der Waals surface area contributed by atoms with Gasteiger partial charge in [0.05, 0.1) is 0 Å². The predicted octanol–water partition coefficient (Wildman–Crippen LogP) is 0.691. The van der Waals surface area contributed by atoms with E-state index in [0.29, 0.717) is 0 Å². The lowest BCUT2D eigenvalue weighted by atomic mass is 10.1. The average Bonchev–Trinajstić information content (AvgIpc) is 2.31. The van der Waals surface area contributed by atoms with Gasteiger partial charge in [-0.2, -0.15) is 0 Å². The van der Waals surface area contributed by atoms with Crippen molar-refractivity contribution in [1.82, 2.24) is 15.6 Å². The number of hydrogen-bond donors (Lipinski definition) is 3. The van der Waals surface area contributed by atoms with Gasteiger partial charge in [-0.15, -0.1) is 12.4 Å². The molecule has 0 aliphatic carbocycles. The van der Waals surface area contributed by atoms with E-state index in [2.05, 4.69) is 15.6 Å². The van der Waals surface area contributed by atoms with Crippen molar-refractivity contribution in [3.8, 4) is 5.75 Å². The van der Waals surface area contributed by atoms with Crippen molar-refractivity contribution in [3.63, 3.8) is 0 Å². The fourth-order valence-corrected chi connectivity index (χ4v) is 1.79. The number of hydrogen-bond acceptors (Lipinski definition) is 4. The van der Waals surface area contributed by atoms with Gasteiger partial charge in [-0.1, -0.05) is 0 Å². The van der Waals surface area contributed by atoms with Crippen LogP contribution in [0.5, 0.6) is 5.75 Å². The van der Waals surface area contributed by atoms with Gasteiger partial charge < -0.3 is 15.7 Å². The van der Waals surface area contributed by atoms with Crippen molar-refractivity contribution in [2.45, 2.75) is 18.9 Å². The molecule has 1 saturated heterocycles. The smallest absolute Gasteiger partial charge is 0.273 e. The molecule has 0 saturated carbocycles. The van der Waals surface area contributed by atoms with Crippen LogP contribution in [-0.4, -0.2) is 35.1 Å². The molecule has 5 nitrogen and oxygen atoms in total. The van der Waals surface area contributed by atoms with Crippen molar-refractivity contribution >= 4 is 18.3 Å². The minimum absolute atomic E-state index is 0. The van der Waals surface area contributed by atoms with Crippen LogP contribution in [0.15, 0.2) is 18.3 Å². The molecule has 94 valence electrons. The van der Waals surface area contributed by atoms with E-state index < -0.39 is 0 Å². The molecular formula is C11H16ClN3O2. The Kier molecular flexibility index (Phi) is 5.18. The molecule has 0 radical (unpaired) electrons. The third-order valence-corrected chi connectivity index (χ3v) is 2.68. The highest BCUT2D eigenvalue weighted by Gasteiger charge is 2.18. The topological polar surface area (TPSA) is 74.2 Å². The minimum Gasteiger partial charge on any atom is -0.505 e. The van der Waals surface area contributed by atoms with Gasteiger partial charge in [0.15, 0.2) is 5.69 Å². The number of carbonyl (C=O) groups excluding carboxylic acids is 1. The van der Waals surface area contributed by atoms with Crippen LogP contribution >= 0.6 is 12.4 Å². The van der Waals surface area contributed by atoms with Crippen LogP contribution in [0, 0.1) is 0 Å². The molecule has 1 aromatic rings.